The third-order valence-corrected chi connectivity index (χ3v) is 3.72. The maximum absolute atomic E-state index is 11.7. The molecule has 0 aromatic rings. The first-order chi connectivity index (χ1) is 7.74. The third kappa shape index (κ3) is 3.37. The summed E-state index contributed by atoms with van der Waals surface area (Å²) in [4.78, 5) is 11.7. The molecule has 0 aromatic carbocycles. The second kappa shape index (κ2) is 5.53. The first kappa shape index (κ1) is 11.7. The van der Waals surface area contributed by atoms with Crippen molar-refractivity contribution in [2.45, 2.75) is 69.6 Å². The molecule has 0 spiro atoms. The first-order valence-electron chi connectivity index (χ1n) is 6.49. The summed E-state index contributed by atoms with van der Waals surface area (Å²) in [5.74, 6) is 0. The van der Waals surface area contributed by atoms with Gasteiger partial charge in [-0.05, 0) is 38.5 Å². The largest absolute Gasteiger partial charge is 0.393 e. The lowest BCUT2D eigenvalue weighted by Crippen LogP contribution is -2.46. The van der Waals surface area contributed by atoms with Gasteiger partial charge in [-0.15, -0.1) is 0 Å². The summed E-state index contributed by atoms with van der Waals surface area (Å²) in [6, 6.07) is 0.618. The Morgan fingerprint density at radius 3 is 1.94 bits per heavy atom. The monoisotopic (exact) mass is 226 g/mol. The fraction of sp³-hybridized carbons (Fsp3) is 0.917. The van der Waals surface area contributed by atoms with E-state index >= 15 is 0 Å². The minimum absolute atomic E-state index is 0.0201. The van der Waals surface area contributed by atoms with Gasteiger partial charge in [0.1, 0.15) is 0 Å². The summed E-state index contributed by atoms with van der Waals surface area (Å²) < 4.78 is 0. The highest BCUT2D eigenvalue weighted by molar-refractivity contribution is 5.74. The number of hydrogen-bond acceptors (Lipinski definition) is 2. The Labute approximate surface area is 96.8 Å². The molecule has 0 atom stereocenters. The van der Waals surface area contributed by atoms with Crippen LogP contribution < -0.4 is 10.6 Å². The number of urea groups is 1. The van der Waals surface area contributed by atoms with Crippen LogP contribution in [-0.4, -0.2) is 29.3 Å². The van der Waals surface area contributed by atoms with Gasteiger partial charge in [0.05, 0.1) is 6.10 Å². The first-order valence-corrected chi connectivity index (χ1v) is 6.49. The number of carbonyl (C=O) groups is 1. The van der Waals surface area contributed by atoms with Crippen LogP contribution in [0.5, 0.6) is 0 Å². The lowest BCUT2D eigenvalue weighted by atomic mass is 9.93. The van der Waals surface area contributed by atoms with Crippen molar-refractivity contribution in [2.75, 3.05) is 0 Å². The van der Waals surface area contributed by atoms with Gasteiger partial charge in [0.25, 0.3) is 0 Å². The zero-order chi connectivity index (χ0) is 11.4. The number of amides is 2. The summed E-state index contributed by atoms with van der Waals surface area (Å²) in [6.07, 6.45) is 7.99. The molecule has 16 heavy (non-hydrogen) atoms. The van der Waals surface area contributed by atoms with Crippen molar-refractivity contribution < 1.29 is 9.90 Å². The van der Waals surface area contributed by atoms with E-state index in [0.717, 1.165) is 38.5 Å². The Morgan fingerprint density at radius 2 is 1.38 bits per heavy atom. The Bertz CT molecular complexity index is 231. The van der Waals surface area contributed by atoms with Crippen molar-refractivity contribution >= 4 is 6.03 Å². The number of hydrogen-bond donors (Lipinski definition) is 3. The Hall–Kier alpha value is -0.770. The van der Waals surface area contributed by atoms with Crippen LogP contribution in [0, 0.1) is 0 Å². The van der Waals surface area contributed by atoms with Crippen molar-refractivity contribution in [1.82, 2.24) is 10.6 Å². The molecule has 2 aliphatic rings. The van der Waals surface area contributed by atoms with Crippen molar-refractivity contribution in [1.29, 1.82) is 0 Å². The smallest absolute Gasteiger partial charge is 0.315 e. The quantitative estimate of drug-likeness (QED) is 0.668. The lowest BCUT2D eigenvalue weighted by molar-refractivity contribution is 0.117. The molecule has 2 saturated carbocycles. The normalized spacial score (nSPS) is 31.3. The zero-order valence-corrected chi connectivity index (χ0v) is 9.74. The minimum Gasteiger partial charge on any atom is -0.393 e. The average Bonchev–Trinajstić information content (AvgIpc) is 2.74. The third-order valence-electron chi connectivity index (χ3n) is 3.72. The van der Waals surface area contributed by atoms with E-state index in [-0.39, 0.29) is 18.2 Å². The molecule has 3 N–H and O–H groups in total. The number of rotatable bonds is 2. The van der Waals surface area contributed by atoms with Gasteiger partial charge in [-0.25, -0.2) is 4.79 Å². The van der Waals surface area contributed by atoms with Crippen LogP contribution >= 0.6 is 0 Å². The average molecular weight is 226 g/mol. The summed E-state index contributed by atoms with van der Waals surface area (Å²) in [5.41, 5.74) is 0. The van der Waals surface area contributed by atoms with E-state index in [2.05, 4.69) is 10.6 Å². The van der Waals surface area contributed by atoms with E-state index in [0.29, 0.717) is 6.04 Å². The molecule has 4 heteroatoms. The van der Waals surface area contributed by atoms with Gasteiger partial charge < -0.3 is 15.7 Å². The summed E-state index contributed by atoms with van der Waals surface area (Å²) in [7, 11) is 0. The van der Waals surface area contributed by atoms with Crippen LogP contribution in [-0.2, 0) is 0 Å². The van der Waals surface area contributed by atoms with Crippen LogP contribution in [0.25, 0.3) is 0 Å². The molecule has 0 heterocycles. The van der Waals surface area contributed by atoms with Crippen molar-refractivity contribution in [3.8, 4) is 0 Å². The molecular weight excluding hydrogens is 204 g/mol. The van der Waals surface area contributed by atoms with E-state index in [1.165, 1.54) is 12.8 Å². The molecule has 2 rings (SSSR count). The number of aliphatic hydroxyl groups excluding tert-OH is 1. The summed E-state index contributed by atoms with van der Waals surface area (Å²) in [5, 5.41) is 15.4. The lowest BCUT2D eigenvalue weighted by Gasteiger charge is -2.26. The number of carbonyl (C=O) groups excluding carboxylic acids is 1. The van der Waals surface area contributed by atoms with Crippen LogP contribution in [0.3, 0.4) is 0 Å². The van der Waals surface area contributed by atoms with Gasteiger partial charge in [-0.1, -0.05) is 12.8 Å². The highest BCUT2D eigenvalue weighted by Gasteiger charge is 2.22. The predicted molar refractivity (Wildman–Crippen MR) is 62.2 cm³/mol. The van der Waals surface area contributed by atoms with Crippen molar-refractivity contribution in [3.05, 3.63) is 0 Å². The van der Waals surface area contributed by atoms with E-state index < -0.39 is 0 Å². The maximum Gasteiger partial charge on any atom is 0.315 e. The fourth-order valence-electron chi connectivity index (χ4n) is 2.70. The molecule has 2 fully saturated rings. The van der Waals surface area contributed by atoms with Crippen LogP contribution in [0.4, 0.5) is 4.79 Å². The van der Waals surface area contributed by atoms with Crippen molar-refractivity contribution in [3.63, 3.8) is 0 Å². The second-order valence-electron chi connectivity index (χ2n) is 5.10. The maximum atomic E-state index is 11.7. The molecule has 0 unspecified atom stereocenters. The topological polar surface area (TPSA) is 61.4 Å². The molecule has 2 amide bonds. The Balaban J connectivity index is 1.66. The standard InChI is InChI=1S/C12H22N2O2/c15-11-7-5-10(6-8-11)14-12(16)13-9-3-1-2-4-9/h9-11,15H,1-8H2,(H2,13,14,16). The number of aliphatic hydroxyl groups is 1. The van der Waals surface area contributed by atoms with E-state index in [4.69, 9.17) is 0 Å². The van der Waals surface area contributed by atoms with Crippen molar-refractivity contribution in [2.24, 2.45) is 0 Å². The van der Waals surface area contributed by atoms with E-state index in [1.54, 1.807) is 0 Å². The van der Waals surface area contributed by atoms with E-state index in [1.807, 2.05) is 0 Å². The second-order valence-corrected chi connectivity index (χ2v) is 5.10. The predicted octanol–water partition coefficient (Wildman–Crippen LogP) is 1.53. The highest BCUT2D eigenvalue weighted by Crippen LogP contribution is 2.19. The minimum atomic E-state index is -0.157. The number of nitrogens with one attached hydrogen (secondary N) is 2. The van der Waals surface area contributed by atoms with Gasteiger partial charge in [0.15, 0.2) is 0 Å². The molecule has 0 aliphatic heterocycles. The van der Waals surface area contributed by atoms with Gasteiger partial charge >= 0.3 is 6.03 Å². The van der Waals surface area contributed by atoms with Crippen LogP contribution in [0.2, 0.25) is 0 Å². The van der Waals surface area contributed by atoms with Crippen LogP contribution in [0.15, 0.2) is 0 Å². The Morgan fingerprint density at radius 1 is 0.875 bits per heavy atom. The Kier molecular flexibility index (Phi) is 4.04. The molecule has 92 valence electrons. The summed E-state index contributed by atoms with van der Waals surface area (Å²) in [6.45, 7) is 0. The zero-order valence-electron chi connectivity index (χ0n) is 9.74. The molecule has 0 bridgehead atoms. The highest BCUT2D eigenvalue weighted by atomic mass is 16.3. The van der Waals surface area contributed by atoms with Gasteiger partial charge in [-0.2, -0.15) is 0 Å². The molecule has 2 aliphatic carbocycles. The molecule has 0 radical (unpaired) electrons. The molecular formula is C12H22N2O2. The van der Waals surface area contributed by atoms with Gasteiger partial charge in [0, 0.05) is 12.1 Å². The van der Waals surface area contributed by atoms with E-state index in [9.17, 15) is 9.90 Å². The SMILES string of the molecule is O=C(NC1CCCC1)NC1CCC(O)CC1. The molecule has 0 saturated heterocycles. The summed E-state index contributed by atoms with van der Waals surface area (Å²) >= 11 is 0. The van der Waals surface area contributed by atoms with Gasteiger partial charge in [0.2, 0.25) is 0 Å². The van der Waals surface area contributed by atoms with Gasteiger partial charge in [-0.3, -0.25) is 0 Å². The molecule has 0 aromatic heterocycles. The molecule has 4 nitrogen and oxygen atoms in total. The van der Waals surface area contributed by atoms with Crippen LogP contribution in [0.1, 0.15) is 51.4 Å². The fourth-order valence-corrected chi connectivity index (χ4v) is 2.70.